The largest absolute Gasteiger partial charge is 0.360 e. The first kappa shape index (κ1) is 21.8. The SMILES string of the molecule is CSc1cccc(C(NC(=O)c2cnoc2Cc2ccccc2)c2ccc(F)c(F)c2)c1. The minimum Gasteiger partial charge on any atom is -0.360 e. The highest BCUT2D eigenvalue weighted by atomic mass is 32.2. The Morgan fingerprint density at radius 2 is 1.78 bits per heavy atom. The van der Waals surface area contributed by atoms with E-state index in [9.17, 15) is 13.6 Å². The van der Waals surface area contributed by atoms with E-state index in [0.29, 0.717) is 23.3 Å². The average Bonchev–Trinajstić information content (AvgIpc) is 3.28. The average molecular weight is 451 g/mol. The molecule has 0 aliphatic heterocycles. The Balaban J connectivity index is 1.66. The van der Waals surface area contributed by atoms with Crippen LogP contribution in [0.5, 0.6) is 0 Å². The Labute approximate surface area is 188 Å². The van der Waals surface area contributed by atoms with Crippen LogP contribution >= 0.6 is 11.8 Å². The minimum absolute atomic E-state index is 0.294. The summed E-state index contributed by atoms with van der Waals surface area (Å²) >= 11 is 1.55. The molecule has 0 saturated heterocycles. The van der Waals surface area contributed by atoms with E-state index in [1.807, 2.05) is 60.9 Å². The molecule has 0 aliphatic rings. The molecule has 1 unspecified atom stereocenters. The molecule has 0 spiro atoms. The maximum absolute atomic E-state index is 14.0. The molecule has 162 valence electrons. The Morgan fingerprint density at radius 3 is 2.53 bits per heavy atom. The van der Waals surface area contributed by atoms with Gasteiger partial charge in [-0.1, -0.05) is 53.7 Å². The van der Waals surface area contributed by atoms with Gasteiger partial charge >= 0.3 is 0 Å². The topological polar surface area (TPSA) is 55.1 Å². The van der Waals surface area contributed by atoms with Gasteiger partial charge in [0.15, 0.2) is 17.4 Å². The van der Waals surface area contributed by atoms with Crippen LogP contribution in [0.25, 0.3) is 0 Å². The van der Waals surface area contributed by atoms with Crippen molar-refractivity contribution in [3.05, 3.63) is 119 Å². The van der Waals surface area contributed by atoms with E-state index in [4.69, 9.17) is 4.52 Å². The predicted molar refractivity (Wildman–Crippen MR) is 120 cm³/mol. The van der Waals surface area contributed by atoms with E-state index in [0.717, 1.165) is 28.2 Å². The van der Waals surface area contributed by atoms with Gasteiger partial charge in [0.2, 0.25) is 0 Å². The minimum atomic E-state index is -0.975. The summed E-state index contributed by atoms with van der Waals surface area (Å²) in [7, 11) is 0. The molecule has 0 aliphatic carbocycles. The second-order valence-corrected chi connectivity index (χ2v) is 8.06. The van der Waals surface area contributed by atoms with Crippen LogP contribution in [0.1, 0.15) is 38.9 Å². The zero-order valence-electron chi connectivity index (χ0n) is 17.2. The highest BCUT2D eigenvalue weighted by Gasteiger charge is 2.23. The van der Waals surface area contributed by atoms with E-state index in [2.05, 4.69) is 10.5 Å². The van der Waals surface area contributed by atoms with Gasteiger partial charge in [0, 0.05) is 11.3 Å². The lowest BCUT2D eigenvalue weighted by Crippen LogP contribution is -2.30. The third-order valence-corrected chi connectivity index (χ3v) is 5.80. The summed E-state index contributed by atoms with van der Waals surface area (Å²) < 4.78 is 32.9. The number of aromatic nitrogens is 1. The van der Waals surface area contributed by atoms with Crippen LogP contribution in [0.2, 0.25) is 0 Å². The molecule has 3 aromatic carbocycles. The molecule has 7 heteroatoms. The summed E-state index contributed by atoms with van der Waals surface area (Å²) in [6, 6.07) is 20.1. The van der Waals surface area contributed by atoms with E-state index in [1.54, 1.807) is 11.8 Å². The van der Waals surface area contributed by atoms with Gasteiger partial charge in [-0.05, 0) is 47.2 Å². The van der Waals surface area contributed by atoms with Crippen LogP contribution < -0.4 is 5.32 Å². The van der Waals surface area contributed by atoms with Crippen molar-refractivity contribution in [1.82, 2.24) is 10.5 Å². The van der Waals surface area contributed by atoms with Crippen molar-refractivity contribution in [3.63, 3.8) is 0 Å². The lowest BCUT2D eigenvalue weighted by atomic mass is 9.97. The van der Waals surface area contributed by atoms with E-state index < -0.39 is 23.6 Å². The molecule has 1 aromatic heterocycles. The van der Waals surface area contributed by atoms with Crippen LogP contribution in [0.15, 0.2) is 88.4 Å². The van der Waals surface area contributed by atoms with E-state index in [1.165, 1.54) is 12.3 Å². The van der Waals surface area contributed by atoms with Crippen molar-refractivity contribution in [2.45, 2.75) is 17.4 Å². The van der Waals surface area contributed by atoms with E-state index >= 15 is 0 Å². The van der Waals surface area contributed by atoms with Crippen LogP contribution in [0.4, 0.5) is 8.78 Å². The lowest BCUT2D eigenvalue weighted by molar-refractivity contribution is 0.0941. The molecule has 0 saturated carbocycles. The quantitative estimate of drug-likeness (QED) is 0.363. The maximum Gasteiger partial charge on any atom is 0.257 e. The number of benzene rings is 3. The molecular formula is C25H20F2N2O2S. The summed E-state index contributed by atoms with van der Waals surface area (Å²) in [6.07, 6.45) is 3.72. The molecular weight excluding hydrogens is 430 g/mol. The number of amides is 1. The summed E-state index contributed by atoms with van der Waals surface area (Å²) in [5, 5.41) is 6.74. The second-order valence-electron chi connectivity index (χ2n) is 7.18. The Morgan fingerprint density at radius 1 is 1.00 bits per heavy atom. The van der Waals surface area contributed by atoms with Gasteiger partial charge in [-0.15, -0.1) is 11.8 Å². The highest BCUT2D eigenvalue weighted by Crippen LogP contribution is 2.28. The van der Waals surface area contributed by atoms with Crippen LogP contribution in [0, 0.1) is 11.6 Å². The number of hydrogen-bond acceptors (Lipinski definition) is 4. The van der Waals surface area contributed by atoms with Crippen molar-refractivity contribution >= 4 is 17.7 Å². The number of halogens is 2. The molecule has 1 amide bonds. The summed E-state index contributed by atoms with van der Waals surface area (Å²) in [4.78, 5) is 14.2. The zero-order valence-corrected chi connectivity index (χ0v) is 18.0. The van der Waals surface area contributed by atoms with Gasteiger partial charge in [0.25, 0.3) is 5.91 Å². The first-order valence-electron chi connectivity index (χ1n) is 9.92. The highest BCUT2D eigenvalue weighted by molar-refractivity contribution is 7.98. The monoisotopic (exact) mass is 450 g/mol. The maximum atomic E-state index is 14.0. The molecule has 4 aromatic rings. The number of carbonyl (C=O) groups excluding carboxylic acids is 1. The zero-order chi connectivity index (χ0) is 22.5. The van der Waals surface area contributed by atoms with Crippen LogP contribution in [-0.4, -0.2) is 17.3 Å². The van der Waals surface area contributed by atoms with Gasteiger partial charge in [-0.25, -0.2) is 8.78 Å². The Kier molecular flexibility index (Phi) is 6.66. The van der Waals surface area contributed by atoms with Crippen molar-refractivity contribution < 1.29 is 18.1 Å². The van der Waals surface area contributed by atoms with Gasteiger partial charge in [-0.3, -0.25) is 4.79 Å². The standard InChI is InChI=1S/C25H20F2N2O2S/c1-32-19-9-5-8-17(13-19)24(18-10-11-21(26)22(27)14-18)29-25(30)20-15-28-31-23(20)12-16-6-3-2-4-7-16/h2-11,13-15,24H,12H2,1H3,(H,29,30). The summed E-state index contributed by atoms with van der Waals surface area (Å²) in [6.45, 7) is 0. The molecule has 0 radical (unpaired) electrons. The van der Waals surface area contributed by atoms with Gasteiger partial charge in [-0.2, -0.15) is 0 Å². The second kappa shape index (κ2) is 9.78. The number of nitrogens with zero attached hydrogens (tertiary/aromatic N) is 1. The van der Waals surface area contributed by atoms with Crippen molar-refractivity contribution in [2.24, 2.45) is 0 Å². The van der Waals surface area contributed by atoms with E-state index in [-0.39, 0.29) is 0 Å². The summed E-state index contributed by atoms with van der Waals surface area (Å²) in [5.74, 6) is -1.91. The molecule has 1 heterocycles. The molecule has 0 fully saturated rings. The van der Waals surface area contributed by atoms with Crippen molar-refractivity contribution in [1.29, 1.82) is 0 Å². The number of hydrogen-bond donors (Lipinski definition) is 1. The van der Waals surface area contributed by atoms with Gasteiger partial charge < -0.3 is 9.84 Å². The number of nitrogens with one attached hydrogen (secondary N) is 1. The number of rotatable bonds is 7. The predicted octanol–water partition coefficient (Wildman–Crippen LogP) is 5.78. The number of carbonyl (C=O) groups is 1. The van der Waals surface area contributed by atoms with Gasteiger partial charge in [0.05, 0.1) is 12.2 Å². The fraction of sp³-hybridized carbons (Fsp3) is 0.120. The normalized spacial score (nSPS) is 11.8. The summed E-state index contributed by atoms with van der Waals surface area (Å²) in [5.41, 5.74) is 2.44. The van der Waals surface area contributed by atoms with Crippen molar-refractivity contribution in [2.75, 3.05) is 6.26 Å². The first-order valence-corrected chi connectivity index (χ1v) is 11.1. The molecule has 1 N–H and O–H groups in total. The van der Waals surface area contributed by atoms with Crippen LogP contribution in [0.3, 0.4) is 0 Å². The molecule has 4 rings (SSSR count). The van der Waals surface area contributed by atoms with Crippen LogP contribution in [-0.2, 0) is 6.42 Å². The Bertz CT molecular complexity index is 1230. The molecule has 0 bridgehead atoms. The molecule has 4 nitrogen and oxygen atoms in total. The van der Waals surface area contributed by atoms with Gasteiger partial charge in [0.1, 0.15) is 5.56 Å². The fourth-order valence-corrected chi connectivity index (χ4v) is 3.91. The Hall–Kier alpha value is -3.45. The smallest absolute Gasteiger partial charge is 0.257 e. The third-order valence-electron chi connectivity index (χ3n) is 5.08. The fourth-order valence-electron chi connectivity index (χ4n) is 3.44. The molecule has 1 atom stereocenters. The number of thioether (sulfide) groups is 1. The first-order chi connectivity index (χ1) is 15.5. The van der Waals surface area contributed by atoms with Crippen molar-refractivity contribution in [3.8, 4) is 0 Å². The molecule has 32 heavy (non-hydrogen) atoms. The lowest BCUT2D eigenvalue weighted by Gasteiger charge is -2.20. The third kappa shape index (κ3) is 4.89.